The number of hydrogen-bond donors (Lipinski definition) is 2. The fourth-order valence-corrected chi connectivity index (χ4v) is 3.68. The van der Waals surface area contributed by atoms with E-state index in [-0.39, 0.29) is 23.6 Å². The second kappa shape index (κ2) is 7.08. The fourth-order valence-electron chi connectivity index (χ4n) is 3.68. The van der Waals surface area contributed by atoms with Gasteiger partial charge in [-0.25, -0.2) is 0 Å². The van der Waals surface area contributed by atoms with Gasteiger partial charge >= 0.3 is 6.36 Å². The van der Waals surface area contributed by atoms with Crippen LogP contribution in [0.5, 0.6) is 0 Å². The van der Waals surface area contributed by atoms with Gasteiger partial charge in [0.15, 0.2) is 0 Å². The summed E-state index contributed by atoms with van der Waals surface area (Å²) in [5.41, 5.74) is 3.16. The molecule has 0 bridgehead atoms. The van der Waals surface area contributed by atoms with E-state index in [1.165, 1.54) is 11.6 Å². The number of benzene rings is 1. The molecule has 3 rings (SSSR count). The second-order valence-corrected chi connectivity index (χ2v) is 7.87. The van der Waals surface area contributed by atoms with Gasteiger partial charge in [-0.3, -0.25) is 0 Å². The van der Waals surface area contributed by atoms with E-state index >= 15 is 0 Å². The number of halogens is 3. The van der Waals surface area contributed by atoms with Crippen LogP contribution in [0.25, 0.3) is 5.70 Å². The lowest BCUT2D eigenvalue weighted by Crippen LogP contribution is -2.44. The number of alkyl halides is 3. The van der Waals surface area contributed by atoms with Crippen molar-refractivity contribution in [1.29, 1.82) is 0 Å². The third-order valence-electron chi connectivity index (χ3n) is 4.65. The molecule has 0 fully saturated rings. The average Bonchev–Trinajstić information content (AvgIpc) is 2.51. The molecule has 1 aliphatic heterocycles. The zero-order valence-electron chi connectivity index (χ0n) is 15.6. The number of aliphatic hydroxyl groups excluding tert-OH is 1. The Morgan fingerprint density at radius 3 is 2.70 bits per heavy atom. The van der Waals surface area contributed by atoms with Gasteiger partial charge in [-0.1, -0.05) is 37.3 Å². The molecule has 0 saturated heterocycles. The Balaban J connectivity index is 1.90. The van der Waals surface area contributed by atoms with Gasteiger partial charge in [-0.15, -0.1) is 13.2 Å². The van der Waals surface area contributed by atoms with Crippen molar-refractivity contribution < 1.29 is 23.0 Å². The number of allylic oxidation sites excluding steroid dienone is 2. The quantitative estimate of drug-likeness (QED) is 0.800. The van der Waals surface area contributed by atoms with Crippen molar-refractivity contribution in [3.8, 4) is 0 Å². The van der Waals surface area contributed by atoms with Gasteiger partial charge in [0.25, 0.3) is 0 Å². The molecule has 3 nitrogen and oxygen atoms in total. The molecule has 0 amide bonds. The largest absolute Gasteiger partial charge is 0.572 e. The summed E-state index contributed by atoms with van der Waals surface area (Å²) in [5.74, 6) is -0.333. The highest BCUT2D eigenvalue weighted by molar-refractivity contribution is 5.70. The van der Waals surface area contributed by atoms with Crippen LogP contribution >= 0.6 is 0 Å². The molecule has 2 aliphatic rings. The molecule has 2 unspecified atom stereocenters. The molecule has 146 valence electrons. The topological polar surface area (TPSA) is 41.5 Å². The number of aliphatic hydroxyl groups is 1. The van der Waals surface area contributed by atoms with Crippen LogP contribution in [-0.2, 0) is 11.2 Å². The number of nitrogens with one attached hydrogen (secondary N) is 1. The van der Waals surface area contributed by atoms with Crippen molar-refractivity contribution in [2.24, 2.45) is 5.92 Å². The maximum Gasteiger partial charge on any atom is 0.572 e. The summed E-state index contributed by atoms with van der Waals surface area (Å²) in [7, 11) is 0. The molecule has 0 saturated carbocycles. The molecule has 27 heavy (non-hydrogen) atoms. The monoisotopic (exact) mass is 379 g/mol. The molecule has 6 heteroatoms. The lowest BCUT2D eigenvalue weighted by molar-refractivity contribution is -0.306. The van der Waals surface area contributed by atoms with Crippen LogP contribution in [0.15, 0.2) is 53.8 Å². The van der Waals surface area contributed by atoms with Gasteiger partial charge in [-0.2, -0.15) is 0 Å². The van der Waals surface area contributed by atoms with Crippen molar-refractivity contribution in [2.45, 2.75) is 51.6 Å². The molecule has 2 atom stereocenters. The highest BCUT2D eigenvalue weighted by Gasteiger charge is 2.33. The molecular formula is C21H24F3NO2. The zero-order chi connectivity index (χ0) is 19.8. The van der Waals surface area contributed by atoms with Gasteiger partial charge in [0.05, 0.1) is 6.10 Å². The smallest absolute Gasteiger partial charge is 0.410 e. The van der Waals surface area contributed by atoms with Crippen LogP contribution in [0.3, 0.4) is 0 Å². The van der Waals surface area contributed by atoms with Gasteiger partial charge in [0.1, 0.15) is 5.76 Å². The summed E-state index contributed by atoms with van der Waals surface area (Å²) in [6.07, 6.45) is -0.0411. The van der Waals surface area contributed by atoms with E-state index in [9.17, 15) is 18.3 Å². The summed E-state index contributed by atoms with van der Waals surface area (Å²) in [6.45, 7) is 5.93. The molecule has 1 aromatic rings. The number of rotatable bonds is 3. The van der Waals surface area contributed by atoms with Crippen LogP contribution in [0, 0.1) is 5.92 Å². The number of hydrogen-bond acceptors (Lipinski definition) is 3. The van der Waals surface area contributed by atoms with Crippen molar-refractivity contribution in [3.63, 3.8) is 0 Å². The Bertz CT molecular complexity index is 806. The first kappa shape index (κ1) is 19.5. The molecule has 0 spiro atoms. The summed E-state index contributed by atoms with van der Waals surface area (Å²) in [4.78, 5) is 0. The van der Waals surface area contributed by atoms with Crippen LogP contribution < -0.4 is 5.32 Å². The van der Waals surface area contributed by atoms with Gasteiger partial charge in [-0.05, 0) is 49.5 Å². The lowest BCUT2D eigenvalue weighted by atomic mass is 9.85. The molecule has 1 aliphatic carbocycles. The zero-order valence-corrected chi connectivity index (χ0v) is 15.6. The van der Waals surface area contributed by atoms with Crippen LogP contribution in [0.4, 0.5) is 13.2 Å². The molecule has 1 heterocycles. The third-order valence-corrected chi connectivity index (χ3v) is 4.65. The van der Waals surface area contributed by atoms with E-state index in [0.717, 1.165) is 17.7 Å². The lowest BCUT2D eigenvalue weighted by Gasteiger charge is -2.36. The van der Waals surface area contributed by atoms with Crippen LogP contribution in [-0.4, -0.2) is 23.1 Å². The minimum absolute atomic E-state index is 0.153. The summed E-state index contributed by atoms with van der Waals surface area (Å²) in [5, 5.41) is 14.1. The predicted molar refractivity (Wildman–Crippen MR) is 98.4 cm³/mol. The molecule has 2 N–H and O–H groups in total. The highest BCUT2D eigenvalue weighted by atomic mass is 19.4. The van der Waals surface area contributed by atoms with E-state index in [1.54, 1.807) is 19.1 Å². The standard InChI is InChI=1S/C21H24F3NO2/c1-13-8-15(10-16(9-13)27-21(22,23)24)19(26)11-18-17-7-5-4-6-14(17)12-20(2,3)25-18/h4-8,10-11,13,19,25-26H,9,12H2,1-3H3/b18-11-. The predicted octanol–water partition coefficient (Wildman–Crippen LogP) is 4.70. The molecule has 0 radical (unpaired) electrons. The van der Waals surface area contributed by atoms with E-state index in [2.05, 4.69) is 30.0 Å². The molecule has 0 aromatic heterocycles. The van der Waals surface area contributed by atoms with Gasteiger partial charge < -0.3 is 15.2 Å². The Hall–Kier alpha value is -2.21. The Morgan fingerprint density at radius 1 is 1.30 bits per heavy atom. The Kier molecular flexibility index (Phi) is 5.12. The molecular weight excluding hydrogens is 355 g/mol. The maximum absolute atomic E-state index is 12.6. The summed E-state index contributed by atoms with van der Waals surface area (Å²) >= 11 is 0. The maximum atomic E-state index is 12.6. The van der Waals surface area contributed by atoms with Crippen LogP contribution in [0.2, 0.25) is 0 Å². The van der Waals surface area contributed by atoms with Gasteiger partial charge in [0.2, 0.25) is 0 Å². The Morgan fingerprint density at radius 2 is 2.00 bits per heavy atom. The van der Waals surface area contributed by atoms with E-state index in [0.29, 0.717) is 5.57 Å². The first-order valence-corrected chi connectivity index (χ1v) is 8.97. The SMILES string of the molecule is CC1C=C(C(O)/C=C2\NC(C)(C)Cc3ccccc32)C=C(OC(F)(F)F)C1. The van der Waals surface area contributed by atoms with Crippen LogP contribution in [0.1, 0.15) is 38.3 Å². The van der Waals surface area contributed by atoms with E-state index in [4.69, 9.17) is 0 Å². The number of fused-ring (bicyclic) bond motifs is 1. The first-order chi connectivity index (χ1) is 12.5. The summed E-state index contributed by atoms with van der Waals surface area (Å²) < 4.78 is 41.7. The van der Waals surface area contributed by atoms with E-state index in [1.807, 2.05) is 18.2 Å². The number of ether oxygens (including phenoxy) is 1. The first-order valence-electron chi connectivity index (χ1n) is 8.97. The van der Waals surface area contributed by atoms with Gasteiger partial charge in [0, 0.05) is 23.2 Å². The highest BCUT2D eigenvalue weighted by Crippen LogP contribution is 2.33. The normalized spacial score (nSPS) is 24.4. The average molecular weight is 379 g/mol. The summed E-state index contributed by atoms with van der Waals surface area (Å²) in [6, 6.07) is 7.93. The van der Waals surface area contributed by atoms with Crippen molar-refractivity contribution >= 4 is 5.70 Å². The third kappa shape index (κ3) is 4.95. The molecule has 1 aromatic carbocycles. The van der Waals surface area contributed by atoms with Crippen molar-refractivity contribution in [2.75, 3.05) is 0 Å². The van der Waals surface area contributed by atoms with Crippen molar-refractivity contribution in [1.82, 2.24) is 5.32 Å². The fraction of sp³-hybridized carbons (Fsp3) is 0.429. The minimum atomic E-state index is -4.73. The second-order valence-electron chi connectivity index (χ2n) is 7.87. The Labute approximate surface area is 157 Å². The minimum Gasteiger partial charge on any atom is -0.410 e. The van der Waals surface area contributed by atoms with E-state index < -0.39 is 12.5 Å². The van der Waals surface area contributed by atoms with Crippen molar-refractivity contribution in [3.05, 3.63) is 65.0 Å².